The Morgan fingerprint density at radius 1 is 1.15 bits per heavy atom. The molecule has 0 heterocycles. The Kier molecular flexibility index (Phi) is 3.70. The molecule has 1 N–H and O–H groups in total. The van der Waals surface area contributed by atoms with Gasteiger partial charge < -0.3 is 9.84 Å². The van der Waals surface area contributed by atoms with E-state index in [1.165, 1.54) is 32.1 Å². The van der Waals surface area contributed by atoms with E-state index in [2.05, 4.69) is 27.7 Å². The number of hydrogen-bond acceptors (Lipinski definition) is 2. The van der Waals surface area contributed by atoms with Crippen molar-refractivity contribution in [3.63, 3.8) is 0 Å². The van der Waals surface area contributed by atoms with Crippen molar-refractivity contribution >= 4 is 0 Å². The molecule has 3 rings (SSSR count). The molecule has 2 nitrogen and oxygen atoms in total. The van der Waals surface area contributed by atoms with Gasteiger partial charge in [-0.1, -0.05) is 27.2 Å². The van der Waals surface area contributed by atoms with Crippen LogP contribution in [0.5, 0.6) is 0 Å². The third-order valence-electron chi connectivity index (χ3n) is 7.58. The molecule has 3 aliphatic rings. The third kappa shape index (κ3) is 1.90. The average Bonchev–Trinajstić information content (AvgIpc) is 2.74. The summed E-state index contributed by atoms with van der Waals surface area (Å²) < 4.78 is 5.99. The Labute approximate surface area is 124 Å². The maximum Gasteiger partial charge on any atom is 0.0864 e. The fourth-order valence-electron chi connectivity index (χ4n) is 5.95. The van der Waals surface area contributed by atoms with Crippen LogP contribution in [-0.2, 0) is 4.74 Å². The second-order valence-corrected chi connectivity index (χ2v) is 8.30. The highest BCUT2D eigenvalue weighted by molar-refractivity contribution is 5.12. The van der Waals surface area contributed by atoms with E-state index in [1.54, 1.807) is 0 Å². The van der Waals surface area contributed by atoms with Crippen LogP contribution in [0.1, 0.15) is 66.2 Å². The van der Waals surface area contributed by atoms with Crippen LogP contribution in [0.3, 0.4) is 0 Å². The minimum Gasteiger partial charge on any atom is -0.390 e. The number of rotatable bonds is 3. The Morgan fingerprint density at radius 2 is 1.90 bits per heavy atom. The Balaban J connectivity index is 1.85. The molecule has 3 aliphatic carbocycles. The molecule has 0 spiro atoms. The van der Waals surface area contributed by atoms with E-state index in [1.807, 2.05) is 0 Å². The second-order valence-electron chi connectivity index (χ2n) is 8.30. The molecular weight excluding hydrogens is 248 g/mol. The highest BCUT2D eigenvalue weighted by atomic mass is 16.5. The first-order chi connectivity index (χ1) is 9.41. The number of ether oxygens (including phenoxy) is 1. The normalized spacial score (nSPS) is 50.5. The van der Waals surface area contributed by atoms with Crippen LogP contribution in [0.25, 0.3) is 0 Å². The van der Waals surface area contributed by atoms with Gasteiger partial charge in [0.15, 0.2) is 0 Å². The molecule has 0 saturated heterocycles. The van der Waals surface area contributed by atoms with Crippen LogP contribution in [0.2, 0.25) is 0 Å². The molecule has 20 heavy (non-hydrogen) atoms. The maximum absolute atomic E-state index is 10.4. The predicted octanol–water partition coefficient (Wildman–Crippen LogP) is 4.01. The molecule has 3 fully saturated rings. The monoisotopic (exact) mass is 280 g/mol. The molecule has 0 aromatic heterocycles. The first-order valence-electron chi connectivity index (χ1n) is 8.71. The highest BCUT2D eigenvalue weighted by Gasteiger charge is 2.63. The van der Waals surface area contributed by atoms with E-state index in [0.29, 0.717) is 16.7 Å². The summed E-state index contributed by atoms with van der Waals surface area (Å²) in [6.07, 6.45) is 7.36. The van der Waals surface area contributed by atoms with Crippen molar-refractivity contribution in [1.82, 2.24) is 0 Å². The Morgan fingerprint density at radius 3 is 2.45 bits per heavy atom. The van der Waals surface area contributed by atoms with E-state index in [9.17, 15) is 5.11 Å². The lowest BCUT2D eigenvalue weighted by atomic mass is 9.60. The van der Waals surface area contributed by atoms with E-state index < -0.39 is 0 Å². The number of hydrogen-bond donors (Lipinski definition) is 1. The SMILES string of the molecule is CCOC1C(O)CCCC1[C@H]1C[C@@H]2CC[C@@]1(C)C2(C)C. The zero-order valence-electron chi connectivity index (χ0n) is 13.7. The molecule has 0 radical (unpaired) electrons. The van der Waals surface area contributed by atoms with E-state index in [4.69, 9.17) is 4.74 Å². The van der Waals surface area contributed by atoms with Gasteiger partial charge in [0, 0.05) is 6.61 Å². The molecule has 116 valence electrons. The molecular formula is C18H32O2. The van der Waals surface area contributed by atoms with Crippen molar-refractivity contribution in [2.75, 3.05) is 6.61 Å². The van der Waals surface area contributed by atoms with Crippen molar-refractivity contribution in [2.24, 2.45) is 28.6 Å². The van der Waals surface area contributed by atoms with Gasteiger partial charge in [-0.25, -0.2) is 0 Å². The number of fused-ring (bicyclic) bond motifs is 2. The van der Waals surface area contributed by atoms with Crippen LogP contribution in [0.4, 0.5) is 0 Å². The Hall–Kier alpha value is -0.0800. The zero-order valence-corrected chi connectivity index (χ0v) is 13.7. The van der Waals surface area contributed by atoms with Crippen LogP contribution in [-0.4, -0.2) is 23.9 Å². The summed E-state index contributed by atoms with van der Waals surface area (Å²) in [5.41, 5.74) is 0.922. The third-order valence-corrected chi connectivity index (χ3v) is 7.58. The first kappa shape index (κ1) is 14.8. The van der Waals surface area contributed by atoms with Crippen molar-refractivity contribution in [1.29, 1.82) is 0 Å². The largest absolute Gasteiger partial charge is 0.390 e. The van der Waals surface area contributed by atoms with Gasteiger partial charge in [-0.05, 0) is 67.6 Å². The van der Waals surface area contributed by atoms with Gasteiger partial charge in [0.25, 0.3) is 0 Å². The molecule has 0 amide bonds. The minimum atomic E-state index is -0.237. The summed E-state index contributed by atoms with van der Waals surface area (Å²) >= 11 is 0. The summed E-state index contributed by atoms with van der Waals surface area (Å²) in [7, 11) is 0. The van der Waals surface area contributed by atoms with Gasteiger partial charge in [-0.15, -0.1) is 0 Å². The van der Waals surface area contributed by atoms with Gasteiger partial charge in [0.1, 0.15) is 0 Å². The number of aliphatic hydroxyl groups is 1. The van der Waals surface area contributed by atoms with E-state index >= 15 is 0 Å². The van der Waals surface area contributed by atoms with Gasteiger partial charge in [-0.3, -0.25) is 0 Å². The molecule has 0 aromatic rings. The molecule has 3 saturated carbocycles. The fraction of sp³-hybridized carbons (Fsp3) is 1.00. The van der Waals surface area contributed by atoms with Gasteiger partial charge in [-0.2, -0.15) is 0 Å². The lowest BCUT2D eigenvalue weighted by Gasteiger charge is -2.47. The van der Waals surface area contributed by atoms with Crippen LogP contribution < -0.4 is 0 Å². The summed E-state index contributed by atoms with van der Waals surface area (Å²) in [5, 5.41) is 10.4. The summed E-state index contributed by atoms with van der Waals surface area (Å²) in [5.74, 6) is 2.22. The van der Waals surface area contributed by atoms with Crippen LogP contribution in [0, 0.1) is 28.6 Å². The van der Waals surface area contributed by atoms with Crippen LogP contribution >= 0.6 is 0 Å². The maximum atomic E-state index is 10.4. The van der Waals surface area contributed by atoms with Gasteiger partial charge in [0.2, 0.25) is 0 Å². The van der Waals surface area contributed by atoms with E-state index in [-0.39, 0.29) is 12.2 Å². The zero-order chi connectivity index (χ0) is 14.5. The lowest BCUT2D eigenvalue weighted by molar-refractivity contribution is -0.117. The molecule has 2 heteroatoms. The average molecular weight is 280 g/mol. The molecule has 0 aromatic carbocycles. The quantitative estimate of drug-likeness (QED) is 0.846. The number of aliphatic hydroxyl groups excluding tert-OH is 1. The van der Waals surface area contributed by atoms with Crippen molar-refractivity contribution in [2.45, 2.75) is 78.4 Å². The smallest absolute Gasteiger partial charge is 0.0864 e. The van der Waals surface area contributed by atoms with E-state index in [0.717, 1.165) is 24.9 Å². The molecule has 3 unspecified atom stereocenters. The lowest BCUT2D eigenvalue weighted by Crippen LogP contribution is -2.47. The van der Waals surface area contributed by atoms with Gasteiger partial charge >= 0.3 is 0 Å². The minimum absolute atomic E-state index is 0.0886. The van der Waals surface area contributed by atoms with Crippen molar-refractivity contribution < 1.29 is 9.84 Å². The predicted molar refractivity (Wildman–Crippen MR) is 81.5 cm³/mol. The Bertz CT molecular complexity index is 364. The topological polar surface area (TPSA) is 29.5 Å². The summed E-state index contributed by atoms with van der Waals surface area (Å²) in [6, 6.07) is 0. The fourth-order valence-corrected chi connectivity index (χ4v) is 5.95. The standard InChI is InChI=1S/C18H32O2/c1-5-20-16-13(7-6-8-15(16)19)14-11-12-9-10-18(14,4)17(12,2)3/h12-16,19H,5-11H2,1-4H3/t12-,13?,14+,15?,16?,18+/m0/s1. The van der Waals surface area contributed by atoms with Crippen molar-refractivity contribution in [3.8, 4) is 0 Å². The first-order valence-corrected chi connectivity index (χ1v) is 8.71. The summed E-state index contributed by atoms with van der Waals surface area (Å²) in [6.45, 7) is 10.3. The summed E-state index contributed by atoms with van der Waals surface area (Å²) in [4.78, 5) is 0. The van der Waals surface area contributed by atoms with Crippen LogP contribution in [0.15, 0.2) is 0 Å². The van der Waals surface area contributed by atoms with Crippen molar-refractivity contribution in [3.05, 3.63) is 0 Å². The second kappa shape index (κ2) is 4.98. The molecule has 2 bridgehead atoms. The van der Waals surface area contributed by atoms with Gasteiger partial charge in [0.05, 0.1) is 12.2 Å². The highest BCUT2D eigenvalue weighted by Crippen LogP contribution is 2.70. The molecule has 0 aliphatic heterocycles. The molecule has 6 atom stereocenters.